The number of morpholine rings is 1. The Morgan fingerprint density at radius 1 is 1.33 bits per heavy atom. The van der Waals surface area contributed by atoms with E-state index >= 15 is 0 Å². The highest BCUT2D eigenvalue weighted by molar-refractivity contribution is 5.85. The van der Waals surface area contributed by atoms with Crippen LogP contribution in [0.15, 0.2) is 18.2 Å². The molecule has 6 nitrogen and oxygen atoms in total. The number of ether oxygens (including phenoxy) is 3. The van der Waals surface area contributed by atoms with Crippen LogP contribution >= 0.6 is 12.4 Å². The summed E-state index contributed by atoms with van der Waals surface area (Å²) in [6.45, 7) is 2.87. The van der Waals surface area contributed by atoms with E-state index in [0.717, 1.165) is 30.2 Å². The largest absolute Gasteiger partial charge is 0.454 e. The molecule has 0 spiro atoms. The number of rotatable bonds is 4. The Morgan fingerprint density at radius 3 is 3.00 bits per heavy atom. The molecule has 2 heterocycles. The number of amides is 1. The van der Waals surface area contributed by atoms with Gasteiger partial charge in [-0.3, -0.25) is 4.79 Å². The van der Waals surface area contributed by atoms with Gasteiger partial charge in [-0.2, -0.15) is 0 Å². The zero-order chi connectivity index (χ0) is 13.8. The highest BCUT2D eigenvalue weighted by Crippen LogP contribution is 2.32. The fourth-order valence-corrected chi connectivity index (χ4v) is 2.30. The number of carbonyl (C=O) groups is 1. The summed E-state index contributed by atoms with van der Waals surface area (Å²) < 4.78 is 15.9. The van der Waals surface area contributed by atoms with Crippen LogP contribution in [0, 0.1) is 0 Å². The van der Waals surface area contributed by atoms with E-state index in [0.29, 0.717) is 19.6 Å². The van der Waals surface area contributed by atoms with Crippen molar-refractivity contribution < 1.29 is 19.0 Å². The molecule has 1 fully saturated rings. The number of benzene rings is 1. The van der Waals surface area contributed by atoms with E-state index in [1.807, 2.05) is 18.2 Å². The Bertz CT molecular complexity index is 492. The average Bonchev–Trinajstić information content (AvgIpc) is 2.93. The maximum atomic E-state index is 11.9. The second-order valence-corrected chi connectivity index (χ2v) is 4.89. The molecule has 2 N–H and O–H groups in total. The van der Waals surface area contributed by atoms with Crippen LogP contribution in [0.1, 0.15) is 12.0 Å². The Kier molecular flexibility index (Phi) is 5.67. The van der Waals surface area contributed by atoms with Crippen molar-refractivity contribution in [3.8, 4) is 11.5 Å². The molecule has 0 saturated carbocycles. The third-order valence-electron chi connectivity index (χ3n) is 3.36. The van der Waals surface area contributed by atoms with Gasteiger partial charge < -0.3 is 24.8 Å². The predicted molar refractivity (Wildman–Crippen MR) is 78.9 cm³/mol. The van der Waals surface area contributed by atoms with E-state index in [2.05, 4.69) is 10.6 Å². The van der Waals surface area contributed by atoms with Crippen LogP contribution < -0.4 is 20.1 Å². The number of hydrogen-bond donors (Lipinski definition) is 2. The molecule has 3 rings (SSSR count). The van der Waals surface area contributed by atoms with Gasteiger partial charge in [0.2, 0.25) is 12.7 Å². The first kappa shape index (κ1) is 15.9. The van der Waals surface area contributed by atoms with Gasteiger partial charge in [0.25, 0.3) is 0 Å². The predicted octanol–water partition coefficient (Wildman–Crippen LogP) is 0.832. The standard InChI is InChI=1S/C14H18N2O4.ClH/c17-14(6-11-8-18-4-3-15-11)16-7-10-1-2-12-13(5-10)20-9-19-12;/h1-2,5,11,15H,3-4,6-9H2,(H,16,17);1H. The van der Waals surface area contributed by atoms with Gasteiger partial charge >= 0.3 is 0 Å². The lowest BCUT2D eigenvalue weighted by Gasteiger charge is -2.23. The normalized spacial score (nSPS) is 19.7. The Morgan fingerprint density at radius 2 is 2.19 bits per heavy atom. The molecule has 0 aliphatic carbocycles. The summed E-state index contributed by atoms with van der Waals surface area (Å²) in [5, 5.41) is 6.17. The molecule has 1 saturated heterocycles. The first-order valence-electron chi connectivity index (χ1n) is 6.77. The zero-order valence-corrected chi connectivity index (χ0v) is 12.4. The van der Waals surface area contributed by atoms with E-state index in [-0.39, 0.29) is 31.1 Å². The van der Waals surface area contributed by atoms with E-state index in [1.165, 1.54) is 0 Å². The summed E-state index contributed by atoms with van der Waals surface area (Å²) in [5.41, 5.74) is 0.996. The third kappa shape index (κ3) is 4.23. The lowest BCUT2D eigenvalue weighted by Crippen LogP contribution is -2.44. The maximum absolute atomic E-state index is 11.9. The number of halogens is 1. The van der Waals surface area contributed by atoms with Gasteiger partial charge in [0.1, 0.15) is 0 Å². The SMILES string of the molecule is Cl.O=C(CC1COCCN1)NCc1ccc2c(c1)OCO2. The molecule has 7 heteroatoms. The Labute approximate surface area is 129 Å². The molecule has 1 aromatic carbocycles. The van der Waals surface area contributed by atoms with Crippen LogP contribution in [-0.2, 0) is 16.1 Å². The number of fused-ring (bicyclic) bond motifs is 1. The van der Waals surface area contributed by atoms with Crippen molar-refractivity contribution in [2.75, 3.05) is 26.6 Å². The quantitative estimate of drug-likeness (QED) is 0.861. The molecule has 1 atom stereocenters. The molecule has 0 aromatic heterocycles. The fraction of sp³-hybridized carbons (Fsp3) is 0.500. The molecule has 21 heavy (non-hydrogen) atoms. The van der Waals surface area contributed by atoms with Crippen molar-refractivity contribution in [1.29, 1.82) is 0 Å². The van der Waals surface area contributed by atoms with Crippen molar-refractivity contribution in [3.05, 3.63) is 23.8 Å². The van der Waals surface area contributed by atoms with Crippen molar-refractivity contribution in [1.82, 2.24) is 10.6 Å². The van der Waals surface area contributed by atoms with Crippen LogP contribution in [0.25, 0.3) is 0 Å². The third-order valence-corrected chi connectivity index (χ3v) is 3.36. The first-order chi connectivity index (χ1) is 9.81. The minimum Gasteiger partial charge on any atom is -0.454 e. The van der Waals surface area contributed by atoms with Gasteiger partial charge in [-0.1, -0.05) is 6.07 Å². The lowest BCUT2D eigenvalue weighted by molar-refractivity contribution is -0.122. The summed E-state index contributed by atoms with van der Waals surface area (Å²) >= 11 is 0. The van der Waals surface area contributed by atoms with E-state index in [4.69, 9.17) is 14.2 Å². The maximum Gasteiger partial charge on any atom is 0.231 e. The van der Waals surface area contributed by atoms with Crippen LogP contribution in [-0.4, -0.2) is 38.5 Å². The topological polar surface area (TPSA) is 68.8 Å². The molecule has 0 bridgehead atoms. The fourth-order valence-electron chi connectivity index (χ4n) is 2.30. The molecule has 1 aromatic rings. The minimum absolute atomic E-state index is 0. The smallest absolute Gasteiger partial charge is 0.231 e. The molecule has 1 unspecified atom stereocenters. The highest BCUT2D eigenvalue weighted by atomic mass is 35.5. The second-order valence-electron chi connectivity index (χ2n) is 4.89. The molecular weight excluding hydrogens is 296 g/mol. The molecular formula is C14H19ClN2O4. The summed E-state index contributed by atoms with van der Waals surface area (Å²) in [6.07, 6.45) is 0.435. The Hall–Kier alpha value is -1.50. The van der Waals surface area contributed by atoms with E-state index in [9.17, 15) is 4.79 Å². The van der Waals surface area contributed by atoms with Crippen molar-refractivity contribution >= 4 is 18.3 Å². The van der Waals surface area contributed by atoms with Crippen molar-refractivity contribution in [2.45, 2.75) is 19.0 Å². The minimum atomic E-state index is 0. The molecule has 116 valence electrons. The van der Waals surface area contributed by atoms with E-state index in [1.54, 1.807) is 0 Å². The lowest BCUT2D eigenvalue weighted by atomic mass is 10.1. The van der Waals surface area contributed by atoms with Crippen LogP contribution in [0.4, 0.5) is 0 Å². The van der Waals surface area contributed by atoms with Crippen LogP contribution in [0.2, 0.25) is 0 Å². The van der Waals surface area contributed by atoms with Crippen LogP contribution in [0.5, 0.6) is 11.5 Å². The summed E-state index contributed by atoms with van der Waals surface area (Å²) in [4.78, 5) is 11.9. The monoisotopic (exact) mass is 314 g/mol. The zero-order valence-electron chi connectivity index (χ0n) is 11.6. The number of nitrogens with one attached hydrogen (secondary N) is 2. The van der Waals surface area contributed by atoms with Gasteiger partial charge in [0.15, 0.2) is 11.5 Å². The van der Waals surface area contributed by atoms with Gasteiger partial charge in [0, 0.05) is 25.6 Å². The summed E-state index contributed by atoms with van der Waals surface area (Å²) in [7, 11) is 0. The highest BCUT2D eigenvalue weighted by Gasteiger charge is 2.17. The summed E-state index contributed by atoms with van der Waals surface area (Å²) in [5.74, 6) is 1.51. The number of hydrogen-bond acceptors (Lipinski definition) is 5. The van der Waals surface area contributed by atoms with Gasteiger partial charge in [0.05, 0.1) is 13.2 Å². The molecule has 2 aliphatic heterocycles. The van der Waals surface area contributed by atoms with E-state index < -0.39 is 0 Å². The molecule has 1 amide bonds. The van der Waals surface area contributed by atoms with Crippen molar-refractivity contribution in [2.24, 2.45) is 0 Å². The average molecular weight is 315 g/mol. The number of carbonyl (C=O) groups excluding carboxylic acids is 1. The van der Waals surface area contributed by atoms with Crippen molar-refractivity contribution in [3.63, 3.8) is 0 Å². The van der Waals surface area contributed by atoms with Crippen LogP contribution in [0.3, 0.4) is 0 Å². The first-order valence-corrected chi connectivity index (χ1v) is 6.77. The Balaban J connectivity index is 0.00000161. The summed E-state index contributed by atoms with van der Waals surface area (Å²) in [6, 6.07) is 5.79. The van der Waals surface area contributed by atoms with Gasteiger partial charge in [-0.15, -0.1) is 12.4 Å². The van der Waals surface area contributed by atoms with Gasteiger partial charge in [-0.25, -0.2) is 0 Å². The molecule has 0 radical (unpaired) electrons. The second kappa shape index (κ2) is 7.49. The molecule has 2 aliphatic rings. The van der Waals surface area contributed by atoms with Gasteiger partial charge in [-0.05, 0) is 17.7 Å².